The Morgan fingerprint density at radius 3 is 2.54 bits per heavy atom. The Kier molecular flexibility index (Phi) is 5.95. The number of aromatic hydroxyl groups is 1. The molecule has 3 N–H and O–H groups in total. The quantitative estimate of drug-likeness (QED) is 0.577. The number of benzene rings is 2. The summed E-state index contributed by atoms with van der Waals surface area (Å²) in [7, 11) is 0. The lowest BCUT2D eigenvalue weighted by molar-refractivity contribution is 0.0635. The van der Waals surface area contributed by atoms with Crippen LogP contribution in [0.15, 0.2) is 53.6 Å². The summed E-state index contributed by atoms with van der Waals surface area (Å²) in [5.41, 5.74) is 3.08. The second kappa shape index (κ2) is 8.15. The van der Waals surface area contributed by atoms with Crippen molar-refractivity contribution in [2.75, 3.05) is 5.32 Å². The minimum Gasteiger partial charge on any atom is -0.507 e. The molecule has 0 fully saturated rings. The molecule has 0 bridgehead atoms. The number of hydrogen-bond acceptors (Lipinski definition) is 5. The molecule has 0 aliphatic rings. The van der Waals surface area contributed by atoms with Crippen molar-refractivity contribution < 1.29 is 19.4 Å². The highest BCUT2D eigenvalue weighted by molar-refractivity contribution is 5.97. The summed E-state index contributed by atoms with van der Waals surface area (Å²) in [5, 5.41) is 16.1. The number of phenols is 1. The van der Waals surface area contributed by atoms with Crippen molar-refractivity contribution in [3.63, 3.8) is 0 Å². The molecule has 2 aromatic carbocycles. The van der Waals surface area contributed by atoms with E-state index in [0.29, 0.717) is 11.3 Å². The summed E-state index contributed by atoms with van der Waals surface area (Å²) in [6.07, 6.45) is 0.873. The normalized spacial score (nSPS) is 11.2. The van der Waals surface area contributed by atoms with Gasteiger partial charge in [0.25, 0.3) is 5.91 Å². The van der Waals surface area contributed by atoms with Gasteiger partial charge in [-0.25, -0.2) is 10.2 Å². The van der Waals surface area contributed by atoms with Gasteiger partial charge in [-0.1, -0.05) is 24.3 Å². The number of carbonyl (C=O) groups excluding carboxylic acids is 2. The number of carbonyl (C=O) groups is 2. The highest BCUT2D eigenvalue weighted by Crippen LogP contribution is 2.15. The topological polar surface area (TPSA) is 100 Å². The van der Waals surface area contributed by atoms with Gasteiger partial charge < -0.3 is 9.84 Å². The minimum absolute atomic E-state index is 0.122. The smallest absolute Gasteiger partial charge is 0.412 e. The van der Waals surface area contributed by atoms with Crippen LogP contribution in [0, 0.1) is 0 Å². The molecule has 2 aromatic rings. The first-order valence-electron chi connectivity index (χ1n) is 7.96. The Morgan fingerprint density at radius 1 is 1.12 bits per heavy atom. The molecule has 26 heavy (non-hydrogen) atoms. The summed E-state index contributed by atoms with van der Waals surface area (Å²) in [6, 6.07) is 13.1. The molecule has 0 saturated heterocycles. The average Bonchev–Trinajstić information content (AvgIpc) is 2.53. The molecule has 7 nitrogen and oxygen atoms in total. The van der Waals surface area contributed by atoms with Crippen molar-refractivity contribution in [3.05, 3.63) is 59.7 Å². The molecule has 0 aliphatic carbocycles. The van der Waals surface area contributed by atoms with Gasteiger partial charge in [-0.15, -0.1) is 0 Å². The van der Waals surface area contributed by atoms with E-state index in [-0.39, 0.29) is 11.3 Å². The van der Waals surface area contributed by atoms with Crippen LogP contribution in [0.2, 0.25) is 0 Å². The van der Waals surface area contributed by atoms with Gasteiger partial charge in [0.15, 0.2) is 0 Å². The molecule has 0 aliphatic heterocycles. The zero-order valence-corrected chi connectivity index (χ0v) is 14.8. The molecule has 0 atom stereocenters. The van der Waals surface area contributed by atoms with Crippen LogP contribution in [-0.4, -0.2) is 28.9 Å². The van der Waals surface area contributed by atoms with Crippen molar-refractivity contribution in [1.82, 2.24) is 5.43 Å². The second-order valence-corrected chi connectivity index (χ2v) is 6.47. The molecule has 2 rings (SSSR count). The number of hydrazone groups is 1. The van der Waals surface area contributed by atoms with Crippen LogP contribution in [0.3, 0.4) is 0 Å². The van der Waals surface area contributed by atoms with E-state index in [4.69, 9.17) is 4.74 Å². The zero-order chi connectivity index (χ0) is 19.2. The number of phenolic OH excluding ortho intramolecular Hbond substituents is 1. The maximum absolute atomic E-state index is 11.9. The lowest BCUT2D eigenvalue weighted by atomic mass is 10.2. The minimum atomic E-state index is -0.587. The molecule has 0 spiro atoms. The Bertz CT molecular complexity index is 826. The lowest BCUT2D eigenvalue weighted by Gasteiger charge is -2.19. The summed E-state index contributed by atoms with van der Waals surface area (Å²) < 4.78 is 5.19. The van der Waals surface area contributed by atoms with Crippen LogP contribution in [0.5, 0.6) is 5.75 Å². The van der Waals surface area contributed by atoms with Crippen LogP contribution < -0.4 is 10.7 Å². The summed E-state index contributed by atoms with van der Waals surface area (Å²) in [4.78, 5) is 23.7. The van der Waals surface area contributed by atoms with Crippen molar-refractivity contribution in [3.8, 4) is 5.75 Å². The summed E-state index contributed by atoms with van der Waals surface area (Å²) in [6.45, 7) is 5.34. The van der Waals surface area contributed by atoms with Crippen LogP contribution in [0.1, 0.15) is 36.7 Å². The Hall–Kier alpha value is -3.35. The predicted octanol–water partition coefficient (Wildman–Crippen LogP) is 3.50. The highest BCUT2D eigenvalue weighted by atomic mass is 16.6. The third kappa shape index (κ3) is 5.94. The Balaban J connectivity index is 1.98. The second-order valence-electron chi connectivity index (χ2n) is 6.47. The van der Waals surface area contributed by atoms with Gasteiger partial charge in [-0.05, 0) is 50.6 Å². The number of anilines is 1. The lowest BCUT2D eigenvalue weighted by Crippen LogP contribution is -2.27. The number of para-hydroxylation sites is 1. The molecule has 2 amide bonds. The van der Waals surface area contributed by atoms with Crippen LogP contribution in [0.4, 0.5) is 10.5 Å². The summed E-state index contributed by atoms with van der Waals surface area (Å²) in [5.74, 6) is -0.647. The van der Waals surface area contributed by atoms with E-state index >= 15 is 0 Å². The van der Waals surface area contributed by atoms with Gasteiger partial charge >= 0.3 is 6.09 Å². The summed E-state index contributed by atoms with van der Waals surface area (Å²) >= 11 is 0. The van der Waals surface area contributed by atoms with Gasteiger partial charge in [0.05, 0.1) is 11.8 Å². The van der Waals surface area contributed by atoms with E-state index in [1.165, 1.54) is 18.3 Å². The van der Waals surface area contributed by atoms with Gasteiger partial charge in [0.1, 0.15) is 11.4 Å². The molecule has 0 heterocycles. The van der Waals surface area contributed by atoms with Crippen molar-refractivity contribution in [2.45, 2.75) is 26.4 Å². The molecule has 0 aromatic heterocycles. The fourth-order valence-electron chi connectivity index (χ4n) is 2.01. The van der Waals surface area contributed by atoms with Gasteiger partial charge in [0, 0.05) is 5.69 Å². The van der Waals surface area contributed by atoms with E-state index in [1.807, 2.05) is 0 Å². The third-order valence-electron chi connectivity index (χ3n) is 3.06. The number of rotatable bonds is 4. The van der Waals surface area contributed by atoms with Gasteiger partial charge in [0.2, 0.25) is 0 Å². The number of nitrogens with zero attached hydrogens (tertiary/aromatic N) is 1. The molecule has 0 radical (unpaired) electrons. The fourth-order valence-corrected chi connectivity index (χ4v) is 2.01. The standard InChI is InChI=1S/C19H21N3O4/c1-19(2,3)26-18(25)21-14-8-6-7-13(11-14)12-20-22-17(24)15-9-4-5-10-16(15)23/h4-12,23H,1-3H3,(H,21,25)(H,22,24)/b20-12+. The van der Waals surface area contributed by atoms with Crippen LogP contribution >= 0.6 is 0 Å². The number of ether oxygens (including phenoxy) is 1. The molecular weight excluding hydrogens is 334 g/mol. The highest BCUT2D eigenvalue weighted by Gasteiger charge is 2.16. The first kappa shape index (κ1) is 19.0. The van der Waals surface area contributed by atoms with Crippen LogP contribution in [0.25, 0.3) is 0 Å². The molecule has 0 saturated carbocycles. The third-order valence-corrected chi connectivity index (χ3v) is 3.06. The van der Waals surface area contributed by atoms with Crippen molar-refractivity contribution in [2.24, 2.45) is 5.10 Å². The fraction of sp³-hybridized carbons (Fsp3) is 0.211. The number of amides is 2. The first-order valence-corrected chi connectivity index (χ1v) is 7.96. The van der Waals surface area contributed by atoms with Crippen molar-refractivity contribution >= 4 is 23.9 Å². The van der Waals surface area contributed by atoms with E-state index < -0.39 is 17.6 Å². The Labute approximate surface area is 151 Å². The maximum Gasteiger partial charge on any atom is 0.412 e. The van der Waals surface area contributed by atoms with Gasteiger partial charge in [-0.3, -0.25) is 10.1 Å². The SMILES string of the molecule is CC(C)(C)OC(=O)Nc1cccc(/C=N/NC(=O)c2ccccc2O)c1. The molecule has 7 heteroatoms. The largest absolute Gasteiger partial charge is 0.507 e. The number of hydrogen-bond donors (Lipinski definition) is 3. The van der Waals surface area contributed by atoms with E-state index in [0.717, 1.165) is 0 Å². The maximum atomic E-state index is 11.9. The Morgan fingerprint density at radius 2 is 1.85 bits per heavy atom. The van der Waals surface area contributed by atoms with Gasteiger partial charge in [-0.2, -0.15) is 5.10 Å². The van der Waals surface area contributed by atoms with E-state index in [2.05, 4.69) is 15.8 Å². The van der Waals surface area contributed by atoms with E-state index in [9.17, 15) is 14.7 Å². The predicted molar refractivity (Wildman–Crippen MR) is 99.5 cm³/mol. The monoisotopic (exact) mass is 355 g/mol. The zero-order valence-electron chi connectivity index (χ0n) is 14.8. The molecular formula is C19H21N3O4. The first-order chi connectivity index (χ1) is 12.2. The van der Waals surface area contributed by atoms with Crippen LogP contribution in [-0.2, 0) is 4.74 Å². The van der Waals surface area contributed by atoms with E-state index in [1.54, 1.807) is 57.2 Å². The number of nitrogens with one attached hydrogen (secondary N) is 2. The average molecular weight is 355 g/mol. The molecule has 0 unspecified atom stereocenters. The molecule has 136 valence electrons. The van der Waals surface area contributed by atoms with Crippen molar-refractivity contribution in [1.29, 1.82) is 0 Å².